The lowest BCUT2D eigenvalue weighted by molar-refractivity contribution is -0.122. The molecule has 1 spiro atoms. The number of benzene rings is 2. The first-order valence-electron chi connectivity index (χ1n) is 14.6. The first-order valence-corrected chi connectivity index (χ1v) is 14.6. The molecule has 2 amide bonds. The first kappa shape index (κ1) is 28.9. The summed E-state index contributed by atoms with van der Waals surface area (Å²) in [4.78, 5) is 42.1. The van der Waals surface area contributed by atoms with Crippen molar-refractivity contribution in [3.05, 3.63) is 47.0 Å². The average molecular weight is 564 g/mol. The van der Waals surface area contributed by atoms with E-state index in [0.717, 1.165) is 53.0 Å². The van der Waals surface area contributed by atoms with E-state index < -0.39 is 17.0 Å². The van der Waals surface area contributed by atoms with E-state index in [1.54, 1.807) is 11.0 Å². The van der Waals surface area contributed by atoms with Crippen LogP contribution >= 0.6 is 0 Å². The highest BCUT2D eigenvalue weighted by Gasteiger charge is 2.49. The SMILES string of the molecule is CCN(c1c(-c2ccc3c(c2)NC(=O)C32CCN(C(=O)OC(C)(C)C)CC2)ccc(C(=O)O)c1C)C1CCOCC1. The number of carboxylic acids is 1. The Bertz CT molecular complexity index is 1350. The number of carbonyl (C=O) groups is 3. The Hall–Kier alpha value is -3.59. The van der Waals surface area contributed by atoms with Gasteiger partial charge >= 0.3 is 12.1 Å². The van der Waals surface area contributed by atoms with Crippen LogP contribution in [0, 0.1) is 6.92 Å². The van der Waals surface area contributed by atoms with Crippen molar-refractivity contribution in [3.8, 4) is 11.1 Å². The van der Waals surface area contributed by atoms with E-state index in [-0.39, 0.29) is 18.0 Å². The quantitative estimate of drug-likeness (QED) is 0.488. The van der Waals surface area contributed by atoms with Gasteiger partial charge in [-0.2, -0.15) is 0 Å². The Balaban J connectivity index is 1.48. The molecule has 0 radical (unpaired) electrons. The van der Waals surface area contributed by atoms with Crippen molar-refractivity contribution < 1.29 is 29.0 Å². The van der Waals surface area contributed by atoms with E-state index >= 15 is 0 Å². The molecule has 2 saturated heterocycles. The molecule has 2 fully saturated rings. The van der Waals surface area contributed by atoms with E-state index in [0.29, 0.717) is 44.7 Å². The van der Waals surface area contributed by atoms with Gasteiger partial charge in [-0.1, -0.05) is 18.2 Å². The Kier molecular flexibility index (Phi) is 7.76. The molecule has 9 heteroatoms. The number of piperidine rings is 1. The molecule has 0 aliphatic carbocycles. The Morgan fingerprint density at radius 3 is 2.44 bits per heavy atom. The van der Waals surface area contributed by atoms with Crippen LogP contribution in [-0.2, 0) is 19.7 Å². The number of carbonyl (C=O) groups excluding carboxylic acids is 2. The number of fused-ring (bicyclic) bond motifs is 2. The number of ether oxygens (including phenoxy) is 2. The second-order valence-electron chi connectivity index (χ2n) is 12.3. The third-order valence-electron chi connectivity index (χ3n) is 8.72. The van der Waals surface area contributed by atoms with Crippen LogP contribution in [0.3, 0.4) is 0 Å². The van der Waals surface area contributed by atoms with Gasteiger partial charge in [0.2, 0.25) is 5.91 Å². The normalized spacial score (nSPS) is 18.7. The van der Waals surface area contributed by atoms with Crippen LogP contribution in [0.1, 0.15) is 74.9 Å². The van der Waals surface area contributed by atoms with Crippen LogP contribution in [0.15, 0.2) is 30.3 Å². The lowest BCUT2D eigenvalue weighted by Crippen LogP contribution is -2.49. The van der Waals surface area contributed by atoms with Crippen LogP contribution in [0.5, 0.6) is 0 Å². The van der Waals surface area contributed by atoms with Crippen molar-refractivity contribution in [2.24, 2.45) is 0 Å². The summed E-state index contributed by atoms with van der Waals surface area (Å²) in [5, 5.41) is 13.0. The minimum absolute atomic E-state index is 0.0384. The van der Waals surface area contributed by atoms with Crippen LogP contribution in [0.25, 0.3) is 11.1 Å². The zero-order chi connectivity index (χ0) is 29.5. The first-order chi connectivity index (χ1) is 19.4. The molecule has 9 nitrogen and oxygen atoms in total. The van der Waals surface area contributed by atoms with Crippen LogP contribution in [0.2, 0.25) is 0 Å². The zero-order valence-electron chi connectivity index (χ0n) is 24.7. The van der Waals surface area contributed by atoms with E-state index in [4.69, 9.17) is 9.47 Å². The lowest BCUT2D eigenvalue weighted by atomic mass is 9.73. The van der Waals surface area contributed by atoms with Gasteiger partial charge in [0, 0.05) is 55.8 Å². The van der Waals surface area contributed by atoms with Gasteiger partial charge < -0.3 is 29.7 Å². The Labute approximate surface area is 241 Å². The largest absolute Gasteiger partial charge is 0.478 e. The monoisotopic (exact) mass is 563 g/mol. The van der Waals surface area contributed by atoms with Crippen molar-refractivity contribution >= 4 is 29.3 Å². The van der Waals surface area contributed by atoms with Crippen molar-refractivity contribution in [2.45, 2.75) is 77.4 Å². The van der Waals surface area contributed by atoms with Gasteiger partial charge in [-0.3, -0.25) is 4.79 Å². The average Bonchev–Trinajstić information content (AvgIpc) is 3.19. The predicted molar refractivity (Wildman–Crippen MR) is 158 cm³/mol. The number of rotatable bonds is 5. The minimum Gasteiger partial charge on any atom is -0.478 e. The van der Waals surface area contributed by atoms with Crippen molar-refractivity contribution in [1.82, 2.24) is 4.90 Å². The Morgan fingerprint density at radius 1 is 1.15 bits per heavy atom. The summed E-state index contributed by atoms with van der Waals surface area (Å²) in [6, 6.07) is 9.90. The number of aromatic carboxylic acids is 1. The van der Waals surface area contributed by atoms with E-state index in [9.17, 15) is 19.5 Å². The number of nitrogens with zero attached hydrogens (tertiary/aromatic N) is 2. The molecule has 3 heterocycles. The number of amides is 2. The molecule has 5 rings (SSSR count). The summed E-state index contributed by atoms with van der Waals surface area (Å²) < 4.78 is 11.1. The van der Waals surface area contributed by atoms with Gasteiger partial charge in [0.15, 0.2) is 0 Å². The number of likely N-dealkylation sites (tertiary alicyclic amines) is 1. The number of hydrogen-bond acceptors (Lipinski definition) is 6. The van der Waals surface area contributed by atoms with Crippen molar-refractivity contribution in [1.29, 1.82) is 0 Å². The van der Waals surface area contributed by atoms with E-state index in [1.165, 1.54) is 0 Å². The molecule has 3 aliphatic heterocycles. The highest BCUT2D eigenvalue weighted by molar-refractivity contribution is 6.07. The second-order valence-corrected chi connectivity index (χ2v) is 12.3. The molecule has 0 aromatic heterocycles. The topological polar surface area (TPSA) is 108 Å². The number of nitrogens with one attached hydrogen (secondary N) is 1. The Morgan fingerprint density at radius 2 is 1.83 bits per heavy atom. The van der Waals surface area contributed by atoms with Gasteiger partial charge in [0.1, 0.15) is 5.60 Å². The fraction of sp³-hybridized carbons (Fsp3) is 0.531. The van der Waals surface area contributed by atoms with Gasteiger partial charge in [-0.25, -0.2) is 9.59 Å². The van der Waals surface area contributed by atoms with Gasteiger partial charge in [0.25, 0.3) is 0 Å². The number of hydrogen-bond donors (Lipinski definition) is 2. The fourth-order valence-electron chi connectivity index (χ4n) is 6.62. The maximum absolute atomic E-state index is 13.4. The zero-order valence-corrected chi connectivity index (χ0v) is 24.7. The molecule has 2 N–H and O–H groups in total. The molecule has 2 aromatic rings. The molecular formula is C32H41N3O6. The molecule has 0 bridgehead atoms. The standard InChI is InChI=1S/C32H41N3O6/c1-6-35(22-11-17-40-18-12-22)27-20(2)23(28(36)37)8-9-24(27)21-7-10-25-26(19-21)33-29(38)32(25)13-15-34(16-14-32)30(39)41-31(3,4)5/h7-10,19,22H,6,11-18H2,1-5H3,(H,33,38)(H,36,37). The predicted octanol–water partition coefficient (Wildman–Crippen LogP) is 5.59. The lowest BCUT2D eigenvalue weighted by Gasteiger charge is -2.38. The smallest absolute Gasteiger partial charge is 0.410 e. The second kappa shape index (κ2) is 11.0. The molecule has 2 aromatic carbocycles. The molecule has 41 heavy (non-hydrogen) atoms. The molecule has 3 aliphatic rings. The number of anilines is 2. The molecule has 0 atom stereocenters. The summed E-state index contributed by atoms with van der Waals surface area (Å²) in [6.07, 6.45) is 2.46. The highest BCUT2D eigenvalue weighted by Crippen LogP contribution is 2.47. The van der Waals surface area contributed by atoms with Gasteiger partial charge in [-0.15, -0.1) is 0 Å². The maximum Gasteiger partial charge on any atom is 0.410 e. The third kappa shape index (κ3) is 5.39. The molecule has 0 saturated carbocycles. The highest BCUT2D eigenvalue weighted by atomic mass is 16.6. The summed E-state index contributed by atoms with van der Waals surface area (Å²) >= 11 is 0. The fourth-order valence-corrected chi connectivity index (χ4v) is 6.62. The van der Waals surface area contributed by atoms with Crippen LogP contribution in [-0.4, -0.2) is 72.5 Å². The van der Waals surface area contributed by atoms with E-state index in [2.05, 4.69) is 17.1 Å². The van der Waals surface area contributed by atoms with E-state index in [1.807, 2.05) is 52.0 Å². The molecule has 0 unspecified atom stereocenters. The molecular weight excluding hydrogens is 522 g/mol. The van der Waals surface area contributed by atoms with Crippen LogP contribution in [0.4, 0.5) is 16.2 Å². The number of carboxylic acid groups (broad SMARTS) is 1. The minimum atomic E-state index is -0.945. The third-order valence-corrected chi connectivity index (χ3v) is 8.72. The van der Waals surface area contributed by atoms with Gasteiger partial charge in [-0.05, 0) is 89.1 Å². The summed E-state index contributed by atoms with van der Waals surface area (Å²) in [5.41, 5.74) is 4.28. The van der Waals surface area contributed by atoms with Crippen molar-refractivity contribution in [3.63, 3.8) is 0 Å². The van der Waals surface area contributed by atoms with Crippen LogP contribution < -0.4 is 10.2 Å². The summed E-state index contributed by atoms with van der Waals surface area (Å²) in [5.74, 6) is -0.984. The summed E-state index contributed by atoms with van der Waals surface area (Å²) in [7, 11) is 0. The maximum atomic E-state index is 13.4. The van der Waals surface area contributed by atoms with Gasteiger partial charge in [0.05, 0.1) is 11.0 Å². The molecule has 220 valence electrons. The summed E-state index contributed by atoms with van der Waals surface area (Å²) in [6.45, 7) is 12.5. The van der Waals surface area contributed by atoms with Crippen molar-refractivity contribution in [2.75, 3.05) is 43.1 Å².